The van der Waals surface area contributed by atoms with Gasteiger partial charge in [-0.15, -0.1) is 0 Å². The van der Waals surface area contributed by atoms with Crippen LogP contribution in [0.3, 0.4) is 0 Å². The van der Waals surface area contributed by atoms with E-state index in [1.54, 1.807) is 42.7 Å². The van der Waals surface area contributed by atoms with Gasteiger partial charge in [0.15, 0.2) is 5.13 Å². The number of hydrogen-bond acceptors (Lipinski definition) is 7. The molecule has 0 radical (unpaired) electrons. The van der Waals surface area contributed by atoms with Crippen molar-refractivity contribution in [3.63, 3.8) is 0 Å². The summed E-state index contributed by atoms with van der Waals surface area (Å²) in [4.78, 5) is 50.3. The predicted molar refractivity (Wildman–Crippen MR) is 128 cm³/mol. The number of thiazole rings is 1. The molecule has 0 fully saturated rings. The van der Waals surface area contributed by atoms with Gasteiger partial charge in [0, 0.05) is 12.4 Å². The van der Waals surface area contributed by atoms with E-state index in [2.05, 4.69) is 9.97 Å². The van der Waals surface area contributed by atoms with Crippen molar-refractivity contribution in [2.24, 2.45) is 0 Å². The molecule has 0 atom stereocenters. The fourth-order valence-corrected chi connectivity index (χ4v) is 4.82. The van der Waals surface area contributed by atoms with E-state index in [4.69, 9.17) is 4.74 Å². The van der Waals surface area contributed by atoms with Gasteiger partial charge in [-0.05, 0) is 48.9 Å². The number of carbonyl (C=O) groups excluding carboxylic acids is 3. The molecule has 0 unspecified atom stereocenters. The maximum Gasteiger partial charge on any atom is 0.262 e. The number of carbonyl (C=O) groups is 3. The Morgan fingerprint density at radius 3 is 2.50 bits per heavy atom. The number of imide groups is 1. The zero-order valence-corrected chi connectivity index (χ0v) is 19.1. The molecular formula is C25H20N4O4S. The molecule has 0 aliphatic carbocycles. The molecule has 3 heterocycles. The topological polar surface area (TPSA) is 92.7 Å². The van der Waals surface area contributed by atoms with Crippen LogP contribution < -0.4 is 9.64 Å². The third kappa shape index (κ3) is 4.01. The lowest BCUT2D eigenvalue weighted by Crippen LogP contribution is -2.42. The van der Waals surface area contributed by atoms with E-state index in [-0.39, 0.29) is 13.1 Å². The van der Waals surface area contributed by atoms with E-state index in [1.165, 1.54) is 16.2 Å². The Morgan fingerprint density at radius 2 is 1.82 bits per heavy atom. The Balaban J connectivity index is 1.47. The summed E-state index contributed by atoms with van der Waals surface area (Å²) >= 11 is 1.35. The molecule has 1 aliphatic heterocycles. The molecule has 0 bridgehead atoms. The first-order valence-corrected chi connectivity index (χ1v) is 11.5. The normalized spacial score (nSPS) is 12.8. The summed E-state index contributed by atoms with van der Waals surface area (Å²) in [6.07, 6.45) is 3.32. The van der Waals surface area contributed by atoms with Crippen LogP contribution in [-0.2, 0) is 11.3 Å². The van der Waals surface area contributed by atoms with Crippen LogP contribution in [0.2, 0.25) is 0 Å². The molecular weight excluding hydrogens is 452 g/mol. The summed E-state index contributed by atoms with van der Waals surface area (Å²) in [6.45, 7) is 2.28. The molecule has 170 valence electrons. The largest absolute Gasteiger partial charge is 0.494 e. The molecule has 9 heteroatoms. The lowest BCUT2D eigenvalue weighted by Gasteiger charge is -2.22. The first-order valence-electron chi connectivity index (χ1n) is 10.7. The fraction of sp³-hybridized carbons (Fsp3) is 0.160. The average Bonchev–Trinajstić information content (AvgIpc) is 3.38. The van der Waals surface area contributed by atoms with Crippen molar-refractivity contribution in [2.75, 3.05) is 18.1 Å². The Morgan fingerprint density at radius 1 is 1.06 bits per heavy atom. The summed E-state index contributed by atoms with van der Waals surface area (Å²) in [5, 5.41) is 0.467. The quantitative estimate of drug-likeness (QED) is 0.379. The van der Waals surface area contributed by atoms with E-state index in [1.807, 2.05) is 31.2 Å². The zero-order valence-electron chi connectivity index (χ0n) is 18.3. The van der Waals surface area contributed by atoms with Crippen LogP contribution in [0.1, 0.15) is 33.2 Å². The molecule has 0 N–H and O–H groups in total. The first-order chi connectivity index (χ1) is 16.5. The summed E-state index contributed by atoms with van der Waals surface area (Å²) in [7, 11) is 0. The van der Waals surface area contributed by atoms with Gasteiger partial charge in [-0.2, -0.15) is 0 Å². The standard InChI is InChI=1S/C25H20N4O4S/c1-2-33-17-9-10-20-21(12-17)34-25(27-20)28(14-16-6-5-11-26-13-16)22(30)15-29-23(31)18-7-3-4-8-19(18)24(29)32/h3-13H,2,14-15H2,1H3. The molecule has 0 saturated heterocycles. The minimum absolute atomic E-state index is 0.202. The molecule has 2 aromatic carbocycles. The molecule has 5 rings (SSSR count). The second-order valence-electron chi connectivity index (χ2n) is 7.64. The van der Waals surface area contributed by atoms with E-state index in [9.17, 15) is 14.4 Å². The Labute approximate surface area is 199 Å². The fourth-order valence-electron chi connectivity index (χ4n) is 3.80. The first kappa shape index (κ1) is 21.7. The summed E-state index contributed by atoms with van der Waals surface area (Å²) in [5.74, 6) is -0.634. The van der Waals surface area contributed by atoms with E-state index in [0.29, 0.717) is 22.9 Å². The van der Waals surface area contributed by atoms with Gasteiger partial charge < -0.3 is 4.74 Å². The second-order valence-corrected chi connectivity index (χ2v) is 8.65. The van der Waals surface area contributed by atoms with Gasteiger partial charge in [0.25, 0.3) is 11.8 Å². The number of nitrogens with zero attached hydrogens (tertiary/aromatic N) is 4. The smallest absolute Gasteiger partial charge is 0.262 e. The molecule has 2 aromatic heterocycles. The van der Waals surface area contributed by atoms with Gasteiger partial charge in [0.05, 0.1) is 34.5 Å². The SMILES string of the molecule is CCOc1ccc2nc(N(Cc3cccnc3)C(=O)CN3C(=O)c4ccccc4C3=O)sc2c1. The van der Waals surface area contributed by atoms with Crippen LogP contribution in [0, 0.1) is 0 Å². The van der Waals surface area contributed by atoms with Gasteiger partial charge in [-0.1, -0.05) is 29.5 Å². The Kier molecular flexibility index (Phi) is 5.77. The van der Waals surface area contributed by atoms with Crippen LogP contribution in [0.25, 0.3) is 10.2 Å². The second kappa shape index (κ2) is 9.03. The van der Waals surface area contributed by atoms with Crippen molar-refractivity contribution in [3.05, 3.63) is 83.7 Å². The lowest BCUT2D eigenvalue weighted by molar-refractivity contribution is -0.119. The number of anilines is 1. The Hall–Kier alpha value is -4.11. The summed E-state index contributed by atoms with van der Waals surface area (Å²) in [5.41, 5.74) is 2.14. The molecule has 0 saturated carbocycles. The molecule has 1 aliphatic rings. The molecule has 0 spiro atoms. The highest BCUT2D eigenvalue weighted by Crippen LogP contribution is 2.33. The zero-order chi connectivity index (χ0) is 23.7. The minimum Gasteiger partial charge on any atom is -0.494 e. The molecule has 8 nitrogen and oxygen atoms in total. The predicted octanol–water partition coefficient (Wildman–Crippen LogP) is 3.92. The number of ether oxygens (including phenoxy) is 1. The maximum absolute atomic E-state index is 13.5. The highest BCUT2D eigenvalue weighted by atomic mass is 32.1. The molecule has 3 amide bonds. The summed E-state index contributed by atoms with van der Waals surface area (Å²) < 4.78 is 6.44. The van der Waals surface area contributed by atoms with Gasteiger partial charge in [-0.25, -0.2) is 4.98 Å². The number of aromatic nitrogens is 2. The van der Waals surface area contributed by atoms with Crippen LogP contribution in [0.4, 0.5) is 5.13 Å². The molecule has 4 aromatic rings. The van der Waals surface area contributed by atoms with Crippen molar-refractivity contribution < 1.29 is 19.1 Å². The maximum atomic E-state index is 13.5. The van der Waals surface area contributed by atoms with Crippen LogP contribution >= 0.6 is 11.3 Å². The minimum atomic E-state index is -0.471. The number of rotatable bonds is 7. The van der Waals surface area contributed by atoms with E-state index >= 15 is 0 Å². The number of benzene rings is 2. The third-order valence-electron chi connectivity index (χ3n) is 5.43. The number of pyridine rings is 1. The van der Waals surface area contributed by atoms with Crippen molar-refractivity contribution in [1.82, 2.24) is 14.9 Å². The number of hydrogen-bond donors (Lipinski definition) is 0. The van der Waals surface area contributed by atoms with Crippen LogP contribution in [0.5, 0.6) is 5.75 Å². The number of amides is 3. The van der Waals surface area contributed by atoms with Crippen molar-refractivity contribution >= 4 is 44.4 Å². The van der Waals surface area contributed by atoms with Gasteiger partial charge >= 0.3 is 0 Å². The Bertz CT molecular complexity index is 1370. The lowest BCUT2D eigenvalue weighted by atomic mass is 10.1. The van der Waals surface area contributed by atoms with Crippen molar-refractivity contribution in [2.45, 2.75) is 13.5 Å². The van der Waals surface area contributed by atoms with Gasteiger partial charge in [0.2, 0.25) is 5.91 Å². The van der Waals surface area contributed by atoms with Gasteiger partial charge in [0.1, 0.15) is 12.3 Å². The third-order valence-corrected chi connectivity index (χ3v) is 6.47. The van der Waals surface area contributed by atoms with Crippen molar-refractivity contribution in [1.29, 1.82) is 0 Å². The van der Waals surface area contributed by atoms with Gasteiger partial charge in [-0.3, -0.25) is 29.2 Å². The monoisotopic (exact) mass is 472 g/mol. The highest BCUT2D eigenvalue weighted by Gasteiger charge is 2.37. The summed E-state index contributed by atoms with van der Waals surface area (Å²) in [6, 6.07) is 15.8. The van der Waals surface area contributed by atoms with E-state index < -0.39 is 17.7 Å². The number of fused-ring (bicyclic) bond motifs is 2. The van der Waals surface area contributed by atoms with Crippen molar-refractivity contribution in [3.8, 4) is 5.75 Å². The average molecular weight is 473 g/mol. The molecule has 34 heavy (non-hydrogen) atoms. The van der Waals surface area contributed by atoms with Crippen LogP contribution in [0.15, 0.2) is 67.0 Å². The van der Waals surface area contributed by atoms with Crippen LogP contribution in [-0.4, -0.2) is 45.7 Å². The van der Waals surface area contributed by atoms with E-state index in [0.717, 1.165) is 26.4 Å². The highest BCUT2D eigenvalue weighted by molar-refractivity contribution is 7.22.